The van der Waals surface area contributed by atoms with Crippen molar-refractivity contribution in [3.8, 4) is 11.8 Å². The minimum Gasteiger partial charge on any atom is -0.310 e. The van der Waals surface area contributed by atoms with E-state index in [2.05, 4.69) is 21.9 Å². The fraction of sp³-hybridized carbons (Fsp3) is 0.0769. The number of aromatic amines is 1. The summed E-state index contributed by atoms with van der Waals surface area (Å²) >= 11 is 0. The Hall–Kier alpha value is -2.54. The largest absolute Gasteiger partial charge is 0.310 e. The first-order valence-electron chi connectivity index (χ1n) is 5.21. The first kappa shape index (κ1) is 9.67. The molecule has 0 atom stereocenters. The summed E-state index contributed by atoms with van der Waals surface area (Å²) in [4.78, 5) is 14.2. The number of nitrogens with zero attached hydrogens (tertiary/aromatic N) is 2. The second-order valence-electron chi connectivity index (χ2n) is 3.71. The van der Waals surface area contributed by atoms with E-state index in [1.54, 1.807) is 11.4 Å². The van der Waals surface area contributed by atoms with Crippen LogP contribution in [0.2, 0.25) is 0 Å². The Morgan fingerprint density at radius 3 is 3.00 bits per heavy atom. The molecule has 0 amide bonds. The van der Waals surface area contributed by atoms with Crippen LogP contribution in [0.5, 0.6) is 0 Å². The van der Waals surface area contributed by atoms with Gasteiger partial charge in [0.1, 0.15) is 11.8 Å². The van der Waals surface area contributed by atoms with Crippen molar-refractivity contribution in [2.24, 2.45) is 0 Å². The van der Waals surface area contributed by atoms with Crippen molar-refractivity contribution in [1.29, 1.82) is 0 Å². The number of aromatic nitrogens is 3. The molecular formula is C13H9N3O. The molecule has 3 aromatic rings. The molecule has 0 spiro atoms. The van der Waals surface area contributed by atoms with E-state index < -0.39 is 0 Å². The second-order valence-corrected chi connectivity index (χ2v) is 3.71. The third-order valence-electron chi connectivity index (χ3n) is 2.65. The van der Waals surface area contributed by atoms with E-state index in [4.69, 9.17) is 0 Å². The molecule has 3 rings (SSSR count). The molecule has 0 aliphatic heterocycles. The highest BCUT2D eigenvalue weighted by Gasteiger charge is 2.06. The van der Waals surface area contributed by atoms with Gasteiger partial charge in [-0.3, -0.25) is 4.79 Å². The number of fused-ring (bicyclic) bond motifs is 3. The summed E-state index contributed by atoms with van der Waals surface area (Å²) in [6.07, 6.45) is 1.40. The number of hydrogen-bond donors (Lipinski definition) is 1. The minimum atomic E-state index is -0.140. The van der Waals surface area contributed by atoms with Crippen LogP contribution in [0.4, 0.5) is 0 Å². The molecule has 0 aliphatic carbocycles. The van der Waals surface area contributed by atoms with Crippen LogP contribution in [0, 0.1) is 11.8 Å². The second kappa shape index (κ2) is 3.49. The molecule has 0 fully saturated rings. The summed E-state index contributed by atoms with van der Waals surface area (Å²) < 4.78 is 1.64. The third kappa shape index (κ3) is 1.41. The van der Waals surface area contributed by atoms with E-state index in [0.717, 1.165) is 16.5 Å². The predicted octanol–water partition coefficient (Wildman–Crippen LogP) is 1.55. The molecule has 0 unspecified atom stereocenters. The number of H-pyrrole nitrogens is 1. The van der Waals surface area contributed by atoms with Crippen molar-refractivity contribution in [2.75, 3.05) is 0 Å². The molecule has 82 valence electrons. The highest BCUT2D eigenvalue weighted by atomic mass is 16.1. The molecule has 1 aromatic carbocycles. The van der Waals surface area contributed by atoms with Crippen LogP contribution in [0.3, 0.4) is 0 Å². The van der Waals surface area contributed by atoms with Gasteiger partial charge in [-0.2, -0.15) is 5.10 Å². The molecule has 2 heterocycles. The zero-order valence-electron chi connectivity index (χ0n) is 9.19. The molecule has 0 bridgehead atoms. The zero-order chi connectivity index (χ0) is 11.8. The first-order valence-corrected chi connectivity index (χ1v) is 5.21. The third-order valence-corrected chi connectivity index (χ3v) is 2.65. The number of benzene rings is 1. The maximum atomic E-state index is 11.6. The van der Waals surface area contributed by atoms with E-state index in [-0.39, 0.29) is 5.56 Å². The molecule has 4 heteroatoms. The van der Waals surface area contributed by atoms with Crippen LogP contribution in [-0.4, -0.2) is 14.6 Å². The van der Waals surface area contributed by atoms with Crippen LogP contribution in [-0.2, 0) is 0 Å². The highest BCUT2D eigenvalue weighted by molar-refractivity contribution is 5.87. The van der Waals surface area contributed by atoms with E-state index in [9.17, 15) is 4.79 Å². The molecule has 2 aromatic heterocycles. The maximum absolute atomic E-state index is 11.6. The Kier molecular flexibility index (Phi) is 1.99. The molecule has 4 nitrogen and oxygen atoms in total. The van der Waals surface area contributed by atoms with Crippen molar-refractivity contribution in [3.63, 3.8) is 0 Å². The fourth-order valence-electron chi connectivity index (χ4n) is 1.93. The molecule has 0 aliphatic rings. The van der Waals surface area contributed by atoms with Crippen molar-refractivity contribution in [3.05, 3.63) is 46.5 Å². The molecule has 0 saturated heterocycles. The van der Waals surface area contributed by atoms with Crippen LogP contribution in [0.25, 0.3) is 16.4 Å². The van der Waals surface area contributed by atoms with E-state index >= 15 is 0 Å². The quantitative estimate of drug-likeness (QED) is 0.588. The van der Waals surface area contributed by atoms with Gasteiger partial charge in [0.25, 0.3) is 5.56 Å². The van der Waals surface area contributed by atoms with Gasteiger partial charge in [-0.05, 0) is 31.2 Å². The average molecular weight is 223 g/mol. The standard InChI is InChI=1S/C13H9N3O/c1-2-3-9-4-5-11-10(6-9)7-12-13(17)14-8-15-16(11)12/h4-8H,1H3,(H,14,15,17). The number of nitrogens with one attached hydrogen (secondary N) is 1. The van der Waals surface area contributed by atoms with Crippen molar-refractivity contribution < 1.29 is 0 Å². The van der Waals surface area contributed by atoms with Crippen molar-refractivity contribution in [1.82, 2.24) is 14.6 Å². The highest BCUT2D eigenvalue weighted by Crippen LogP contribution is 2.18. The summed E-state index contributed by atoms with van der Waals surface area (Å²) in [5.74, 6) is 5.85. The van der Waals surface area contributed by atoms with Gasteiger partial charge in [0.05, 0.1) is 5.52 Å². The van der Waals surface area contributed by atoms with Gasteiger partial charge in [0, 0.05) is 10.9 Å². The fourth-order valence-corrected chi connectivity index (χ4v) is 1.93. The Bertz CT molecular complexity index is 830. The van der Waals surface area contributed by atoms with Crippen LogP contribution in [0.1, 0.15) is 12.5 Å². The molecule has 17 heavy (non-hydrogen) atoms. The van der Waals surface area contributed by atoms with E-state index in [1.165, 1.54) is 6.33 Å². The van der Waals surface area contributed by atoms with Crippen LogP contribution >= 0.6 is 0 Å². The van der Waals surface area contributed by atoms with Gasteiger partial charge in [-0.15, -0.1) is 5.92 Å². The lowest BCUT2D eigenvalue weighted by Gasteiger charge is -1.94. The lowest BCUT2D eigenvalue weighted by molar-refractivity contribution is 0.914. The summed E-state index contributed by atoms with van der Waals surface area (Å²) in [6.45, 7) is 1.80. The molecule has 0 radical (unpaired) electrons. The number of rotatable bonds is 0. The van der Waals surface area contributed by atoms with Gasteiger partial charge in [-0.25, -0.2) is 4.52 Å². The lowest BCUT2D eigenvalue weighted by atomic mass is 10.1. The van der Waals surface area contributed by atoms with Gasteiger partial charge >= 0.3 is 0 Å². The van der Waals surface area contributed by atoms with Gasteiger partial charge < -0.3 is 4.98 Å². The van der Waals surface area contributed by atoms with Gasteiger partial charge in [-0.1, -0.05) is 5.92 Å². The van der Waals surface area contributed by atoms with E-state index in [1.807, 2.05) is 24.3 Å². The Balaban J connectivity index is 2.46. The van der Waals surface area contributed by atoms with Crippen LogP contribution in [0.15, 0.2) is 35.4 Å². The van der Waals surface area contributed by atoms with Gasteiger partial charge in [0.2, 0.25) is 0 Å². The normalized spacial score (nSPS) is 10.4. The number of hydrogen-bond acceptors (Lipinski definition) is 2. The van der Waals surface area contributed by atoms with Gasteiger partial charge in [0.15, 0.2) is 0 Å². The SMILES string of the molecule is CC#Cc1ccc2c(c1)cc1c(=O)[nH]cnn12. The predicted molar refractivity (Wildman–Crippen MR) is 65.9 cm³/mol. The summed E-state index contributed by atoms with van der Waals surface area (Å²) in [6, 6.07) is 7.63. The Morgan fingerprint density at radius 2 is 2.18 bits per heavy atom. The smallest absolute Gasteiger partial charge is 0.275 e. The average Bonchev–Trinajstić information content (AvgIpc) is 2.69. The topological polar surface area (TPSA) is 50.2 Å². The zero-order valence-corrected chi connectivity index (χ0v) is 9.19. The summed E-state index contributed by atoms with van der Waals surface area (Å²) in [7, 11) is 0. The van der Waals surface area contributed by atoms with Crippen molar-refractivity contribution >= 4 is 16.4 Å². The Labute approximate surface area is 96.9 Å². The first-order chi connectivity index (χ1) is 8.29. The molecule has 1 N–H and O–H groups in total. The Morgan fingerprint density at radius 1 is 1.29 bits per heavy atom. The summed E-state index contributed by atoms with van der Waals surface area (Å²) in [5, 5.41) is 5.10. The van der Waals surface area contributed by atoms with Crippen molar-refractivity contribution in [2.45, 2.75) is 6.92 Å². The minimum absolute atomic E-state index is 0.140. The summed E-state index contributed by atoms with van der Waals surface area (Å²) in [5.41, 5.74) is 2.25. The monoisotopic (exact) mass is 223 g/mol. The lowest BCUT2D eigenvalue weighted by Crippen LogP contribution is -2.09. The molecule has 0 saturated carbocycles. The van der Waals surface area contributed by atoms with Crippen LogP contribution < -0.4 is 5.56 Å². The molecular weight excluding hydrogens is 214 g/mol. The maximum Gasteiger partial charge on any atom is 0.275 e. The van der Waals surface area contributed by atoms with E-state index in [0.29, 0.717) is 5.52 Å².